The zero-order valence-electron chi connectivity index (χ0n) is 42.9. The molecule has 0 heterocycles. The van der Waals surface area contributed by atoms with E-state index in [2.05, 4.69) is 63.4 Å². The second-order valence-electron chi connectivity index (χ2n) is 30.4. The van der Waals surface area contributed by atoms with Gasteiger partial charge in [-0.3, -0.25) is 0 Å². The van der Waals surface area contributed by atoms with Crippen LogP contribution < -0.4 is 5.19 Å². The van der Waals surface area contributed by atoms with Crippen LogP contribution in [0.4, 0.5) is 0 Å². The molecule has 342 valence electrons. The van der Waals surface area contributed by atoms with Gasteiger partial charge >= 0.3 is 0 Å². The summed E-state index contributed by atoms with van der Waals surface area (Å²) in [7, 11) is -4.18. The first-order valence-corrected chi connectivity index (χ1v) is 36.8. The van der Waals surface area contributed by atoms with Crippen LogP contribution in [0.3, 0.4) is 0 Å². The van der Waals surface area contributed by atoms with E-state index in [1.807, 2.05) is 33.4 Å². The molecule has 0 saturated heterocycles. The lowest BCUT2D eigenvalue weighted by Crippen LogP contribution is -2.52. The highest BCUT2D eigenvalue weighted by atomic mass is 28.3. The maximum atomic E-state index is 2.88. The summed E-state index contributed by atoms with van der Waals surface area (Å²) in [6.45, 7) is 13.9. The molecule has 2 unspecified atom stereocenters. The van der Waals surface area contributed by atoms with Crippen LogP contribution in [0.2, 0.25) is 44.3 Å². The van der Waals surface area contributed by atoms with Crippen LogP contribution in [0.5, 0.6) is 0 Å². The second kappa shape index (κ2) is 7.77. The molecule has 2 heteroatoms. The standard InChI is InChI=1S/C76H30Si2/c1-6-7-13-77(2,3)14-75-69-61-52-45-32-25-19-20-22-18-17-21(19)30(32)36-34-23(17)27-24(18)35-37-31(22)33-26(20)29-28(25)39-47-40(29)49-46(33)53-51(37)55-42(35)44-38(27)43-41(34)54(50(36)52)65(69)67-56(43)57(44)68-66(55)70-62(53)59(49)64-60(47)63(58(61)48(39)45)71(75)72(64)76(70,74(68)73(67)75)15-78(4,5)16-11-9-8-10-12-16/h8-12H,6-7,13-15H2,1-5H3. The zero-order valence-corrected chi connectivity index (χ0v) is 44.9. The number of unbranched alkanes of at least 4 members (excludes halogenated alkanes) is 1. The molecule has 0 saturated carbocycles. The van der Waals surface area contributed by atoms with Gasteiger partial charge in [-0.15, -0.1) is 0 Å². The molecule has 0 nitrogen and oxygen atoms in total. The number of hydrogen-bond donors (Lipinski definition) is 0. The Morgan fingerprint density at radius 2 is 0.462 bits per heavy atom. The van der Waals surface area contributed by atoms with Gasteiger partial charge in [0, 0.05) is 18.9 Å². The normalized spacial score (nSPS) is 21.2. The molecule has 2 atom stereocenters. The summed E-state index contributed by atoms with van der Waals surface area (Å²) in [5, 5.41) is 90.5. The summed E-state index contributed by atoms with van der Waals surface area (Å²) in [6.07, 6.45) is 2.64. The third kappa shape index (κ3) is 1.97. The van der Waals surface area contributed by atoms with Crippen LogP contribution in [0.1, 0.15) is 53.1 Å². The molecule has 0 fully saturated rings. The molecule has 0 aromatic heterocycles. The number of rotatable bonds is 8. The van der Waals surface area contributed by atoms with Gasteiger partial charge in [-0.1, -0.05) is 87.5 Å². The van der Waals surface area contributed by atoms with Crippen LogP contribution in [0.15, 0.2) is 30.3 Å². The largest absolute Gasteiger partial charge is 0.0821 e. The van der Waals surface area contributed by atoms with Crippen molar-refractivity contribution in [2.45, 2.75) is 74.9 Å². The van der Waals surface area contributed by atoms with Crippen LogP contribution >= 0.6 is 0 Å². The first-order chi connectivity index (χ1) is 38.3. The lowest BCUT2D eigenvalue weighted by atomic mass is 9.55. The molecule has 78 heavy (non-hydrogen) atoms. The molecular formula is C76H30Si2. The maximum Gasteiger partial charge on any atom is 0.0821 e. The minimum atomic E-state index is -2.25. The highest BCUT2D eigenvalue weighted by molar-refractivity contribution is 6.90. The Balaban J connectivity index is 1.09. The zero-order chi connectivity index (χ0) is 48.1. The monoisotopic (exact) mass is 998 g/mol. The summed E-state index contributed by atoms with van der Waals surface area (Å²) in [4.78, 5) is 0. The molecule has 28 aromatic rings. The Hall–Kier alpha value is -7.89. The topological polar surface area (TPSA) is 0 Å². The molecular weight excluding hydrogens is 969 g/mol. The summed E-state index contributed by atoms with van der Waals surface area (Å²) in [5.41, 5.74) is 10.7. The second-order valence-corrected chi connectivity index (χ2v) is 40.3. The van der Waals surface area contributed by atoms with Gasteiger partial charge in [0.05, 0.1) is 8.07 Å². The molecule has 0 spiro atoms. The van der Waals surface area contributed by atoms with Gasteiger partial charge in [-0.2, -0.15) is 0 Å². The Morgan fingerprint density at radius 1 is 0.256 bits per heavy atom. The van der Waals surface area contributed by atoms with Crippen LogP contribution in [-0.4, -0.2) is 16.1 Å². The van der Waals surface area contributed by atoms with Crippen molar-refractivity contribution in [1.29, 1.82) is 0 Å². The quantitative estimate of drug-likeness (QED) is 0.105. The molecule has 0 N–H and O–H groups in total. The van der Waals surface area contributed by atoms with E-state index in [0.29, 0.717) is 0 Å². The predicted molar refractivity (Wildman–Crippen MR) is 343 cm³/mol. The average molecular weight is 999 g/mol. The molecule has 33 rings (SSSR count). The molecule has 0 radical (unpaired) electrons. The van der Waals surface area contributed by atoms with E-state index < -0.39 is 16.1 Å². The fraction of sp³-hybridized carbons (Fsp3) is 0.158. The van der Waals surface area contributed by atoms with Crippen molar-refractivity contribution in [3.05, 3.63) is 63.7 Å². The van der Waals surface area contributed by atoms with Crippen molar-refractivity contribution < 1.29 is 0 Å². The average Bonchev–Trinajstić information content (AvgIpc) is 2.75. The van der Waals surface area contributed by atoms with Crippen molar-refractivity contribution in [2.75, 3.05) is 0 Å². The van der Waals surface area contributed by atoms with Gasteiger partial charge in [0.15, 0.2) is 0 Å². The Labute approximate surface area is 437 Å². The van der Waals surface area contributed by atoms with Crippen LogP contribution in [-0.2, 0) is 10.8 Å². The van der Waals surface area contributed by atoms with E-state index in [4.69, 9.17) is 0 Å². The van der Waals surface area contributed by atoms with E-state index in [9.17, 15) is 0 Å². The minimum absolute atomic E-state index is 0.187. The fourth-order valence-corrected chi connectivity index (χ4v) is 33.8. The summed E-state index contributed by atoms with van der Waals surface area (Å²) in [5.74, 6) is 0. The summed E-state index contributed by atoms with van der Waals surface area (Å²) in [6, 6.07) is 16.1. The van der Waals surface area contributed by atoms with Crippen molar-refractivity contribution in [2.24, 2.45) is 0 Å². The molecule has 5 aliphatic rings. The van der Waals surface area contributed by atoms with E-state index >= 15 is 0 Å². The maximum absolute atomic E-state index is 2.88. The van der Waals surface area contributed by atoms with Crippen molar-refractivity contribution in [3.8, 4) is 0 Å². The first-order valence-electron chi connectivity index (χ1n) is 30.1. The molecule has 0 amide bonds. The lowest BCUT2D eigenvalue weighted by Gasteiger charge is -2.52. The van der Waals surface area contributed by atoms with E-state index in [1.54, 1.807) is 285 Å². The highest BCUT2D eigenvalue weighted by Crippen LogP contribution is 2.85. The predicted octanol–water partition coefficient (Wildman–Crippen LogP) is 21.1. The SMILES string of the molecule is CCCC[Si](C)(C)CC12c3c4c5c6c7c8c9c%10c(c1c1c%11c2c2c%12c3c5c3c5c%12c%12c2c2c%11c%11c%13c1c%10c1c%10c9c9c7c7c6c3c3c5c5c%12c6c2c%11c2c(c%131)c1c%10c9c9c7c3c3c9c1c2c6c53)C48C[Si](C)(C)c1ccccc1. The van der Waals surface area contributed by atoms with Gasteiger partial charge in [0.2, 0.25) is 0 Å². The minimum Gasteiger partial charge on any atom is -0.0693 e. The van der Waals surface area contributed by atoms with Gasteiger partial charge in [0.1, 0.15) is 0 Å². The smallest absolute Gasteiger partial charge is 0.0693 e. The van der Waals surface area contributed by atoms with Gasteiger partial charge in [0.25, 0.3) is 0 Å². The summed E-state index contributed by atoms with van der Waals surface area (Å²) < 4.78 is 0. The number of hydrogen-bond acceptors (Lipinski definition) is 0. The van der Waals surface area contributed by atoms with E-state index in [-0.39, 0.29) is 10.8 Å². The Kier molecular flexibility index (Phi) is 3.26. The Morgan fingerprint density at radius 3 is 0.731 bits per heavy atom. The van der Waals surface area contributed by atoms with Gasteiger partial charge in [-0.25, -0.2) is 0 Å². The van der Waals surface area contributed by atoms with Crippen molar-refractivity contribution >= 4 is 301 Å². The van der Waals surface area contributed by atoms with Crippen molar-refractivity contribution in [3.63, 3.8) is 0 Å². The first kappa shape index (κ1) is 32.8. The van der Waals surface area contributed by atoms with E-state index in [0.717, 1.165) is 0 Å². The lowest BCUT2D eigenvalue weighted by molar-refractivity contribution is 0.596. The molecule has 28 aromatic carbocycles. The third-order valence-electron chi connectivity index (χ3n) is 27.8. The third-order valence-corrected chi connectivity index (χ3v) is 34.3. The molecule has 0 bridgehead atoms. The fourth-order valence-electron chi connectivity index (χ4n) is 27.2. The molecule has 5 aliphatic carbocycles. The van der Waals surface area contributed by atoms with Gasteiger partial charge in [-0.05, 0) is 326 Å². The highest BCUT2D eigenvalue weighted by Gasteiger charge is 2.68. The molecule has 0 aliphatic heterocycles. The van der Waals surface area contributed by atoms with Gasteiger partial charge < -0.3 is 0 Å². The number of benzene rings is 18. The Bertz CT molecular complexity index is 7660. The van der Waals surface area contributed by atoms with Crippen molar-refractivity contribution in [1.82, 2.24) is 0 Å². The van der Waals surface area contributed by atoms with Crippen LogP contribution in [0.25, 0.3) is 280 Å². The van der Waals surface area contributed by atoms with E-state index in [1.165, 1.54) is 31.0 Å². The van der Waals surface area contributed by atoms with Crippen LogP contribution in [0, 0.1) is 0 Å². The summed E-state index contributed by atoms with van der Waals surface area (Å²) >= 11 is 0.